The second-order valence-electron chi connectivity index (χ2n) is 8.60. The molecule has 0 saturated carbocycles. The van der Waals surface area contributed by atoms with Crippen LogP contribution in [0, 0.1) is 5.92 Å². The van der Waals surface area contributed by atoms with Gasteiger partial charge in [0, 0.05) is 32.0 Å². The zero-order chi connectivity index (χ0) is 23.5. The predicted octanol–water partition coefficient (Wildman–Crippen LogP) is 2.86. The molecule has 1 aliphatic carbocycles. The van der Waals surface area contributed by atoms with Crippen molar-refractivity contribution in [2.75, 3.05) is 26.8 Å². The van der Waals surface area contributed by atoms with Gasteiger partial charge < -0.3 is 24.8 Å². The molecule has 2 aliphatic rings. The second kappa shape index (κ2) is 9.62. The van der Waals surface area contributed by atoms with Crippen molar-refractivity contribution >= 4 is 18.0 Å². The van der Waals surface area contributed by atoms with Crippen LogP contribution < -0.4 is 5.32 Å². The Hall–Kier alpha value is -3.39. The number of fused-ring (bicyclic) bond motifs is 3. The Kier molecular flexibility index (Phi) is 6.65. The summed E-state index contributed by atoms with van der Waals surface area (Å²) in [6.45, 7) is 2.54. The molecule has 2 aromatic rings. The minimum Gasteiger partial charge on any atom is -0.481 e. The summed E-state index contributed by atoms with van der Waals surface area (Å²) in [6.07, 6.45) is -1.24. The summed E-state index contributed by atoms with van der Waals surface area (Å²) in [6, 6.07) is 15.2. The maximum Gasteiger partial charge on any atom is 0.407 e. The van der Waals surface area contributed by atoms with E-state index in [1.165, 1.54) is 12.0 Å². The molecule has 1 aliphatic heterocycles. The Balaban J connectivity index is 1.39. The lowest BCUT2D eigenvalue weighted by molar-refractivity contribution is -0.148. The van der Waals surface area contributed by atoms with Crippen molar-refractivity contribution in [2.45, 2.75) is 31.4 Å². The van der Waals surface area contributed by atoms with E-state index in [0.717, 1.165) is 22.3 Å². The number of hydrogen-bond donors (Lipinski definition) is 2. The number of methoxy groups -OCH3 is 1. The summed E-state index contributed by atoms with van der Waals surface area (Å²) in [5, 5.41) is 11.6. The van der Waals surface area contributed by atoms with Crippen LogP contribution in [0.4, 0.5) is 4.79 Å². The van der Waals surface area contributed by atoms with Crippen LogP contribution in [-0.2, 0) is 19.1 Å². The van der Waals surface area contributed by atoms with E-state index in [0.29, 0.717) is 13.1 Å². The first-order valence-electron chi connectivity index (χ1n) is 11.0. The molecule has 174 valence electrons. The topological polar surface area (TPSA) is 105 Å². The molecule has 4 rings (SSSR count). The first-order valence-corrected chi connectivity index (χ1v) is 11.0. The van der Waals surface area contributed by atoms with Gasteiger partial charge >= 0.3 is 12.1 Å². The molecule has 8 heteroatoms. The van der Waals surface area contributed by atoms with Crippen molar-refractivity contribution in [2.24, 2.45) is 5.92 Å². The zero-order valence-electron chi connectivity index (χ0n) is 18.7. The third-order valence-electron chi connectivity index (χ3n) is 6.46. The Bertz CT molecular complexity index is 1000. The van der Waals surface area contributed by atoms with Gasteiger partial charge in [-0.05, 0) is 29.2 Å². The van der Waals surface area contributed by atoms with Gasteiger partial charge in [0.1, 0.15) is 12.6 Å². The van der Waals surface area contributed by atoms with Crippen LogP contribution in [0.1, 0.15) is 30.4 Å². The quantitative estimate of drug-likeness (QED) is 0.638. The SMILES string of the molecule is COC(C)C(NC(=O)OCC1c2ccccc2-c2ccccc21)C(=O)N1CC(CC(=O)O)C1. The molecule has 0 radical (unpaired) electrons. The zero-order valence-corrected chi connectivity index (χ0v) is 18.7. The van der Waals surface area contributed by atoms with E-state index in [1.807, 2.05) is 36.4 Å². The van der Waals surface area contributed by atoms with Crippen molar-refractivity contribution in [3.63, 3.8) is 0 Å². The Morgan fingerprint density at radius 1 is 1.06 bits per heavy atom. The van der Waals surface area contributed by atoms with Gasteiger partial charge in [0.25, 0.3) is 0 Å². The van der Waals surface area contributed by atoms with Gasteiger partial charge in [-0.15, -0.1) is 0 Å². The lowest BCUT2D eigenvalue weighted by atomic mass is 9.95. The maximum atomic E-state index is 12.9. The number of nitrogens with zero attached hydrogens (tertiary/aromatic N) is 1. The largest absolute Gasteiger partial charge is 0.481 e. The predicted molar refractivity (Wildman–Crippen MR) is 121 cm³/mol. The number of nitrogens with one attached hydrogen (secondary N) is 1. The van der Waals surface area contributed by atoms with Crippen LogP contribution in [0.3, 0.4) is 0 Å². The van der Waals surface area contributed by atoms with Crippen LogP contribution >= 0.6 is 0 Å². The molecular formula is C25H28N2O6. The van der Waals surface area contributed by atoms with Crippen molar-refractivity contribution in [1.82, 2.24) is 10.2 Å². The lowest BCUT2D eigenvalue weighted by Gasteiger charge is -2.41. The highest BCUT2D eigenvalue weighted by atomic mass is 16.5. The average molecular weight is 453 g/mol. The number of rotatable bonds is 8. The van der Waals surface area contributed by atoms with Gasteiger partial charge in [-0.25, -0.2) is 4.79 Å². The number of benzene rings is 2. The Morgan fingerprint density at radius 2 is 1.64 bits per heavy atom. The molecular weight excluding hydrogens is 424 g/mol. The number of hydrogen-bond acceptors (Lipinski definition) is 5. The third-order valence-corrected chi connectivity index (χ3v) is 6.46. The molecule has 8 nitrogen and oxygen atoms in total. The van der Waals surface area contributed by atoms with Gasteiger partial charge in [0.2, 0.25) is 5.91 Å². The van der Waals surface area contributed by atoms with Gasteiger partial charge in [-0.1, -0.05) is 48.5 Å². The highest BCUT2D eigenvalue weighted by molar-refractivity contribution is 5.87. The number of ether oxygens (including phenoxy) is 2. The van der Waals surface area contributed by atoms with Gasteiger partial charge in [0.05, 0.1) is 12.5 Å². The van der Waals surface area contributed by atoms with Crippen molar-refractivity contribution in [3.05, 3.63) is 59.7 Å². The second-order valence-corrected chi connectivity index (χ2v) is 8.60. The van der Waals surface area contributed by atoms with Crippen LogP contribution in [0.25, 0.3) is 11.1 Å². The minimum absolute atomic E-state index is 0.0219. The highest BCUT2D eigenvalue weighted by Crippen LogP contribution is 2.44. The van der Waals surface area contributed by atoms with E-state index < -0.39 is 24.2 Å². The molecule has 1 fully saturated rings. The van der Waals surface area contributed by atoms with Crippen LogP contribution in [-0.4, -0.2) is 66.9 Å². The molecule has 2 amide bonds. The fourth-order valence-electron chi connectivity index (χ4n) is 4.61. The van der Waals surface area contributed by atoms with E-state index >= 15 is 0 Å². The van der Waals surface area contributed by atoms with Crippen molar-refractivity contribution < 1.29 is 29.0 Å². The van der Waals surface area contributed by atoms with Gasteiger partial charge in [-0.3, -0.25) is 9.59 Å². The van der Waals surface area contributed by atoms with Crippen LogP contribution in [0.2, 0.25) is 0 Å². The van der Waals surface area contributed by atoms with E-state index in [-0.39, 0.29) is 30.8 Å². The minimum atomic E-state index is -0.920. The summed E-state index contributed by atoms with van der Waals surface area (Å²) < 4.78 is 10.9. The summed E-state index contributed by atoms with van der Waals surface area (Å²) >= 11 is 0. The van der Waals surface area contributed by atoms with E-state index in [2.05, 4.69) is 17.4 Å². The van der Waals surface area contributed by atoms with Crippen LogP contribution in [0.5, 0.6) is 0 Å². The van der Waals surface area contributed by atoms with Crippen LogP contribution in [0.15, 0.2) is 48.5 Å². The number of carbonyl (C=O) groups is 3. The smallest absolute Gasteiger partial charge is 0.407 e. The summed E-state index contributed by atoms with van der Waals surface area (Å²) in [7, 11) is 1.47. The molecule has 2 N–H and O–H groups in total. The Labute approximate surface area is 192 Å². The number of likely N-dealkylation sites (tertiary alicyclic amines) is 1. The monoisotopic (exact) mass is 452 g/mol. The van der Waals surface area contributed by atoms with Crippen molar-refractivity contribution in [3.8, 4) is 11.1 Å². The molecule has 0 aromatic heterocycles. The molecule has 1 heterocycles. The molecule has 2 unspecified atom stereocenters. The lowest BCUT2D eigenvalue weighted by Crippen LogP contribution is -2.60. The first-order chi connectivity index (χ1) is 15.9. The average Bonchev–Trinajstić information content (AvgIpc) is 3.11. The number of amides is 2. The summed E-state index contributed by atoms with van der Waals surface area (Å²) in [4.78, 5) is 38.0. The molecule has 0 bridgehead atoms. The third kappa shape index (κ3) is 4.71. The van der Waals surface area contributed by atoms with E-state index in [9.17, 15) is 14.4 Å². The Morgan fingerprint density at radius 3 is 2.18 bits per heavy atom. The standard InChI is InChI=1S/C25H28N2O6/c1-15(32-2)23(24(30)27-12-16(13-27)11-22(28)29)26-25(31)33-14-21-19-9-5-3-7-17(19)18-8-4-6-10-20(18)21/h3-10,15-16,21,23H,11-14H2,1-2H3,(H,26,31)(H,28,29). The van der Waals surface area contributed by atoms with E-state index in [4.69, 9.17) is 14.6 Å². The normalized spacial score (nSPS) is 16.8. The van der Waals surface area contributed by atoms with Gasteiger partial charge in [0.15, 0.2) is 0 Å². The number of carboxylic acid groups (broad SMARTS) is 1. The molecule has 1 saturated heterocycles. The highest BCUT2D eigenvalue weighted by Gasteiger charge is 2.39. The maximum absolute atomic E-state index is 12.9. The number of carboxylic acids is 1. The van der Waals surface area contributed by atoms with Gasteiger partial charge in [-0.2, -0.15) is 0 Å². The van der Waals surface area contributed by atoms with E-state index in [1.54, 1.807) is 6.92 Å². The molecule has 0 spiro atoms. The number of aliphatic carboxylic acids is 1. The molecule has 2 atom stereocenters. The molecule has 33 heavy (non-hydrogen) atoms. The number of alkyl carbamates (subject to hydrolysis) is 1. The summed E-state index contributed by atoms with van der Waals surface area (Å²) in [5.41, 5.74) is 4.48. The van der Waals surface area contributed by atoms with Crippen molar-refractivity contribution in [1.29, 1.82) is 0 Å². The fraction of sp³-hybridized carbons (Fsp3) is 0.400. The first kappa shape index (κ1) is 22.8. The number of carbonyl (C=O) groups excluding carboxylic acids is 2. The fourth-order valence-corrected chi connectivity index (χ4v) is 4.61. The summed E-state index contributed by atoms with van der Waals surface area (Å²) in [5.74, 6) is -1.34. The molecule has 2 aromatic carbocycles.